The number of fused-ring (bicyclic) bond motifs is 2. The first-order valence-corrected chi connectivity index (χ1v) is 9.66. The van der Waals surface area contributed by atoms with Crippen molar-refractivity contribution in [3.05, 3.63) is 47.9 Å². The van der Waals surface area contributed by atoms with E-state index in [1.54, 1.807) is 11.3 Å². The van der Waals surface area contributed by atoms with Gasteiger partial charge in [0.1, 0.15) is 17.8 Å². The fourth-order valence-electron chi connectivity index (χ4n) is 3.37. The molecule has 0 radical (unpaired) electrons. The van der Waals surface area contributed by atoms with E-state index in [1.807, 2.05) is 35.9 Å². The molecular formula is C19H16N6O2S. The molecular weight excluding hydrogens is 376 g/mol. The molecule has 3 N–H and O–H groups in total. The number of rotatable bonds is 3. The van der Waals surface area contributed by atoms with Gasteiger partial charge in [0.15, 0.2) is 0 Å². The van der Waals surface area contributed by atoms with Crippen LogP contribution in [0.1, 0.15) is 12.1 Å². The summed E-state index contributed by atoms with van der Waals surface area (Å²) in [5.74, 6) is 0.714. The van der Waals surface area contributed by atoms with Crippen LogP contribution in [0.25, 0.3) is 26.8 Å². The number of anilines is 2. The Kier molecular flexibility index (Phi) is 3.94. The van der Waals surface area contributed by atoms with Gasteiger partial charge in [0.2, 0.25) is 0 Å². The lowest BCUT2D eigenvalue weighted by molar-refractivity contribution is 0.150. The average molecular weight is 392 g/mol. The summed E-state index contributed by atoms with van der Waals surface area (Å²) < 4.78 is 1.14. The molecule has 1 aromatic carbocycles. The van der Waals surface area contributed by atoms with Crippen molar-refractivity contribution in [1.29, 1.82) is 0 Å². The van der Waals surface area contributed by atoms with Crippen LogP contribution in [0.4, 0.5) is 16.3 Å². The maximum absolute atomic E-state index is 11.1. The summed E-state index contributed by atoms with van der Waals surface area (Å²) in [7, 11) is 0. The summed E-state index contributed by atoms with van der Waals surface area (Å²) in [6.45, 7) is 0.880. The molecule has 28 heavy (non-hydrogen) atoms. The van der Waals surface area contributed by atoms with Crippen molar-refractivity contribution >= 4 is 55.8 Å². The van der Waals surface area contributed by atoms with E-state index in [0.717, 1.165) is 38.2 Å². The maximum Gasteiger partial charge on any atom is 0.407 e. The fraction of sp³-hybridized carbons (Fsp3) is 0.158. The van der Waals surface area contributed by atoms with Gasteiger partial charge in [-0.05, 0) is 36.3 Å². The fourth-order valence-corrected chi connectivity index (χ4v) is 4.03. The second-order valence-electron chi connectivity index (χ2n) is 6.54. The standard InChI is InChI=1S/C19H16N6O2S/c26-19(27)25-5-3-11(4-6-25)14-8-13-17(20-9-21-18(13)24-14)23-12-1-2-16-15(7-12)22-10-28-16/h1-3,7-10H,4-6H2,(H,26,27)(H2,20,21,23,24). The lowest BCUT2D eigenvalue weighted by Crippen LogP contribution is -2.33. The van der Waals surface area contributed by atoms with E-state index in [0.29, 0.717) is 25.3 Å². The van der Waals surface area contributed by atoms with Crippen molar-refractivity contribution in [2.75, 3.05) is 18.4 Å². The van der Waals surface area contributed by atoms with Crippen LogP contribution in [0.3, 0.4) is 0 Å². The molecule has 1 amide bonds. The van der Waals surface area contributed by atoms with Gasteiger partial charge in [-0.3, -0.25) is 0 Å². The van der Waals surface area contributed by atoms with Crippen LogP contribution in [-0.4, -0.2) is 49.1 Å². The van der Waals surface area contributed by atoms with Gasteiger partial charge in [0.25, 0.3) is 0 Å². The molecule has 0 saturated heterocycles. The third kappa shape index (κ3) is 2.95. The SMILES string of the molecule is O=C(O)N1CC=C(c2cc3c(Nc4ccc5scnc5c4)ncnc3[nH]2)CC1. The monoisotopic (exact) mass is 392 g/mol. The van der Waals surface area contributed by atoms with Crippen LogP contribution in [0, 0.1) is 0 Å². The Morgan fingerprint density at radius 1 is 1.25 bits per heavy atom. The number of benzene rings is 1. The summed E-state index contributed by atoms with van der Waals surface area (Å²) in [4.78, 5) is 28.9. The van der Waals surface area contributed by atoms with Gasteiger partial charge in [0, 0.05) is 24.5 Å². The molecule has 0 atom stereocenters. The Balaban J connectivity index is 1.46. The minimum Gasteiger partial charge on any atom is -0.465 e. The highest BCUT2D eigenvalue weighted by molar-refractivity contribution is 7.16. The molecule has 0 fully saturated rings. The van der Waals surface area contributed by atoms with Crippen LogP contribution >= 0.6 is 11.3 Å². The minimum absolute atomic E-state index is 0.393. The molecule has 3 aromatic heterocycles. The van der Waals surface area contributed by atoms with Gasteiger partial charge in [0.05, 0.1) is 21.1 Å². The summed E-state index contributed by atoms with van der Waals surface area (Å²) in [6, 6.07) is 8.06. The number of carbonyl (C=O) groups is 1. The molecule has 8 nitrogen and oxygen atoms in total. The molecule has 0 aliphatic carbocycles. The zero-order chi connectivity index (χ0) is 19.1. The Morgan fingerprint density at radius 2 is 2.18 bits per heavy atom. The van der Waals surface area contributed by atoms with Gasteiger partial charge >= 0.3 is 6.09 Å². The summed E-state index contributed by atoms with van der Waals surface area (Å²) in [6.07, 6.45) is 3.24. The van der Waals surface area contributed by atoms with Crippen molar-refractivity contribution in [2.24, 2.45) is 0 Å². The van der Waals surface area contributed by atoms with Crippen LogP contribution < -0.4 is 5.32 Å². The Morgan fingerprint density at radius 3 is 3.00 bits per heavy atom. The van der Waals surface area contributed by atoms with Crippen LogP contribution in [0.15, 0.2) is 42.2 Å². The number of aromatic nitrogens is 4. The maximum atomic E-state index is 11.1. The molecule has 0 spiro atoms. The third-order valence-electron chi connectivity index (χ3n) is 4.84. The second-order valence-corrected chi connectivity index (χ2v) is 7.42. The molecule has 140 valence electrons. The smallest absolute Gasteiger partial charge is 0.407 e. The molecule has 0 bridgehead atoms. The highest BCUT2D eigenvalue weighted by atomic mass is 32.1. The second kappa shape index (κ2) is 6.61. The van der Waals surface area contributed by atoms with Crippen molar-refractivity contribution in [1.82, 2.24) is 24.8 Å². The zero-order valence-electron chi connectivity index (χ0n) is 14.7. The molecule has 0 unspecified atom stereocenters. The van der Waals surface area contributed by atoms with E-state index < -0.39 is 6.09 Å². The Hall–Kier alpha value is -3.46. The van der Waals surface area contributed by atoms with Crippen LogP contribution in [-0.2, 0) is 0 Å². The Bertz CT molecular complexity index is 1230. The zero-order valence-corrected chi connectivity index (χ0v) is 15.5. The van der Waals surface area contributed by atoms with Gasteiger partial charge in [-0.2, -0.15) is 0 Å². The van der Waals surface area contributed by atoms with Crippen molar-refractivity contribution in [3.8, 4) is 0 Å². The summed E-state index contributed by atoms with van der Waals surface area (Å²) >= 11 is 1.61. The average Bonchev–Trinajstić information content (AvgIpc) is 3.35. The number of nitrogens with one attached hydrogen (secondary N) is 2. The van der Waals surface area contributed by atoms with Gasteiger partial charge in [-0.15, -0.1) is 11.3 Å². The van der Waals surface area contributed by atoms with E-state index in [-0.39, 0.29) is 0 Å². The van der Waals surface area contributed by atoms with Gasteiger partial charge in [-0.1, -0.05) is 6.08 Å². The number of hydrogen-bond donors (Lipinski definition) is 3. The molecule has 1 aliphatic heterocycles. The predicted molar refractivity (Wildman–Crippen MR) is 109 cm³/mol. The Labute approximate surface area is 163 Å². The topological polar surface area (TPSA) is 107 Å². The van der Waals surface area contributed by atoms with Crippen molar-refractivity contribution < 1.29 is 9.90 Å². The van der Waals surface area contributed by atoms with E-state index in [2.05, 4.69) is 25.3 Å². The quantitative estimate of drug-likeness (QED) is 0.485. The van der Waals surface area contributed by atoms with E-state index in [1.165, 1.54) is 11.2 Å². The summed E-state index contributed by atoms with van der Waals surface area (Å²) in [5, 5.41) is 13.3. The van der Waals surface area contributed by atoms with E-state index in [9.17, 15) is 4.79 Å². The normalized spacial score (nSPS) is 14.4. The number of aromatic amines is 1. The van der Waals surface area contributed by atoms with E-state index >= 15 is 0 Å². The molecule has 5 rings (SSSR count). The first-order valence-electron chi connectivity index (χ1n) is 8.78. The molecule has 0 saturated carbocycles. The highest BCUT2D eigenvalue weighted by Gasteiger charge is 2.18. The molecule has 1 aliphatic rings. The molecule has 9 heteroatoms. The number of carboxylic acid groups (broad SMARTS) is 1. The number of nitrogens with zero attached hydrogens (tertiary/aromatic N) is 4. The lowest BCUT2D eigenvalue weighted by Gasteiger charge is -2.23. The molecule has 4 aromatic rings. The largest absolute Gasteiger partial charge is 0.465 e. The highest BCUT2D eigenvalue weighted by Crippen LogP contribution is 2.30. The first kappa shape index (κ1) is 16.7. The number of hydrogen-bond acceptors (Lipinski definition) is 6. The van der Waals surface area contributed by atoms with Gasteiger partial charge in [-0.25, -0.2) is 19.7 Å². The number of thiazole rings is 1. The summed E-state index contributed by atoms with van der Waals surface area (Å²) in [5.41, 5.74) is 6.47. The third-order valence-corrected chi connectivity index (χ3v) is 5.65. The number of amides is 1. The van der Waals surface area contributed by atoms with Gasteiger partial charge < -0.3 is 20.3 Å². The predicted octanol–water partition coefficient (Wildman–Crippen LogP) is 4.08. The van der Waals surface area contributed by atoms with Crippen LogP contribution in [0.2, 0.25) is 0 Å². The first-order chi connectivity index (χ1) is 13.7. The minimum atomic E-state index is -0.888. The number of H-pyrrole nitrogens is 1. The lowest BCUT2D eigenvalue weighted by atomic mass is 10.1. The van der Waals surface area contributed by atoms with Crippen molar-refractivity contribution in [3.63, 3.8) is 0 Å². The van der Waals surface area contributed by atoms with E-state index in [4.69, 9.17) is 5.11 Å². The molecule has 4 heterocycles. The van der Waals surface area contributed by atoms with Crippen molar-refractivity contribution in [2.45, 2.75) is 6.42 Å². The van der Waals surface area contributed by atoms with Crippen LogP contribution in [0.5, 0.6) is 0 Å².